The summed E-state index contributed by atoms with van der Waals surface area (Å²) in [5, 5.41) is 3.37. The average Bonchev–Trinajstić information content (AvgIpc) is 3.33. The van der Waals surface area contributed by atoms with Crippen molar-refractivity contribution in [3.8, 4) is 22.7 Å². The lowest BCUT2D eigenvalue weighted by Crippen LogP contribution is -1.95. The zero-order valence-corrected chi connectivity index (χ0v) is 16.9. The Morgan fingerprint density at radius 1 is 1.00 bits per heavy atom. The van der Waals surface area contributed by atoms with Gasteiger partial charge in [-0.2, -0.15) is 0 Å². The van der Waals surface area contributed by atoms with E-state index in [4.69, 9.17) is 4.42 Å². The van der Waals surface area contributed by atoms with Crippen molar-refractivity contribution in [1.29, 1.82) is 0 Å². The minimum absolute atomic E-state index is 0.248. The number of hydrogen-bond donors (Lipinski definition) is 1. The molecular formula is C24H18F2N4O. The first-order valence-electron chi connectivity index (χ1n) is 9.70. The van der Waals surface area contributed by atoms with Crippen LogP contribution in [0, 0.1) is 18.6 Å². The number of anilines is 2. The van der Waals surface area contributed by atoms with Gasteiger partial charge in [0.2, 0.25) is 0 Å². The highest BCUT2D eigenvalue weighted by Gasteiger charge is 2.16. The molecule has 0 saturated carbocycles. The van der Waals surface area contributed by atoms with E-state index in [-0.39, 0.29) is 5.56 Å². The minimum Gasteiger partial charge on any atom is -0.441 e. The van der Waals surface area contributed by atoms with Crippen LogP contribution in [0.2, 0.25) is 0 Å². The van der Waals surface area contributed by atoms with Gasteiger partial charge < -0.3 is 14.3 Å². The molecule has 0 bridgehead atoms. The predicted octanol–water partition coefficient (Wildman–Crippen LogP) is 6.23. The Morgan fingerprint density at radius 2 is 1.81 bits per heavy atom. The van der Waals surface area contributed by atoms with Crippen molar-refractivity contribution < 1.29 is 13.2 Å². The van der Waals surface area contributed by atoms with Crippen LogP contribution in [-0.2, 0) is 7.05 Å². The largest absolute Gasteiger partial charge is 0.441 e. The molecule has 3 aromatic carbocycles. The van der Waals surface area contributed by atoms with Gasteiger partial charge in [-0.15, -0.1) is 0 Å². The Kier molecular flexibility index (Phi) is 4.51. The number of benzene rings is 3. The molecule has 0 aliphatic rings. The third-order valence-corrected chi connectivity index (χ3v) is 5.15. The quantitative estimate of drug-likeness (QED) is 0.378. The van der Waals surface area contributed by atoms with Crippen LogP contribution in [0.5, 0.6) is 0 Å². The van der Waals surface area contributed by atoms with E-state index in [9.17, 15) is 8.78 Å². The number of oxazole rings is 1. The van der Waals surface area contributed by atoms with Gasteiger partial charge in [0.1, 0.15) is 23.0 Å². The van der Waals surface area contributed by atoms with Crippen molar-refractivity contribution in [1.82, 2.24) is 14.5 Å². The molecule has 5 aromatic rings. The molecule has 0 spiro atoms. The number of aryl methyl sites for hydroxylation is 2. The second-order valence-electron chi connectivity index (χ2n) is 7.24. The Labute approximate surface area is 177 Å². The van der Waals surface area contributed by atoms with E-state index in [1.54, 1.807) is 17.7 Å². The molecule has 31 heavy (non-hydrogen) atoms. The Morgan fingerprint density at radius 3 is 2.52 bits per heavy atom. The van der Waals surface area contributed by atoms with Crippen LogP contribution in [0.25, 0.3) is 33.7 Å². The monoisotopic (exact) mass is 416 g/mol. The molecule has 0 radical (unpaired) electrons. The summed E-state index contributed by atoms with van der Waals surface area (Å²) in [4.78, 5) is 8.78. The topological polar surface area (TPSA) is 55.9 Å². The maximum Gasteiger partial charge on any atom is 0.191 e. The van der Waals surface area contributed by atoms with Gasteiger partial charge in [0, 0.05) is 31.3 Å². The number of rotatable bonds is 4. The molecule has 0 atom stereocenters. The van der Waals surface area contributed by atoms with Gasteiger partial charge in [-0.1, -0.05) is 6.07 Å². The van der Waals surface area contributed by atoms with Crippen molar-refractivity contribution in [2.75, 3.05) is 5.32 Å². The number of halogens is 2. The van der Waals surface area contributed by atoms with Crippen LogP contribution >= 0.6 is 0 Å². The summed E-state index contributed by atoms with van der Waals surface area (Å²) in [6.07, 6.45) is 1.70. The normalized spacial score (nSPS) is 11.2. The van der Waals surface area contributed by atoms with Crippen LogP contribution in [0.3, 0.4) is 0 Å². The van der Waals surface area contributed by atoms with Gasteiger partial charge in [-0.25, -0.2) is 18.7 Å². The lowest BCUT2D eigenvalue weighted by atomic mass is 10.1. The molecule has 0 saturated heterocycles. The summed E-state index contributed by atoms with van der Waals surface area (Å²) in [7, 11) is 1.81. The fourth-order valence-corrected chi connectivity index (χ4v) is 3.60. The summed E-state index contributed by atoms with van der Waals surface area (Å²) in [5.41, 5.74) is 4.35. The van der Waals surface area contributed by atoms with Crippen molar-refractivity contribution >= 4 is 22.4 Å². The molecule has 0 unspecified atom stereocenters. The highest BCUT2D eigenvalue weighted by molar-refractivity contribution is 5.93. The smallest absolute Gasteiger partial charge is 0.191 e. The summed E-state index contributed by atoms with van der Waals surface area (Å²) < 4.78 is 35.0. The van der Waals surface area contributed by atoms with E-state index in [1.807, 2.05) is 49.5 Å². The third-order valence-electron chi connectivity index (χ3n) is 5.15. The van der Waals surface area contributed by atoms with Crippen molar-refractivity contribution in [3.63, 3.8) is 0 Å². The average molecular weight is 416 g/mol. The van der Waals surface area contributed by atoms with Gasteiger partial charge >= 0.3 is 0 Å². The number of para-hydroxylation sites is 1. The maximum atomic E-state index is 14.4. The molecule has 1 N–H and O–H groups in total. The second-order valence-corrected chi connectivity index (χ2v) is 7.24. The van der Waals surface area contributed by atoms with Crippen LogP contribution in [0.15, 0.2) is 71.3 Å². The SMILES string of the molecule is Cc1ncc(-c2ccc(Nc3cccc4c3nc(-c3ccc(F)cc3F)n4C)cc2)o1. The summed E-state index contributed by atoms with van der Waals surface area (Å²) in [6, 6.07) is 17.0. The van der Waals surface area contributed by atoms with E-state index < -0.39 is 11.6 Å². The Hall–Kier alpha value is -4.00. The van der Waals surface area contributed by atoms with Crippen LogP contribution in [0.1, 0.15) is 5.89 Å². The molecule has 154 valence electrons. The first-order chi connectivity index (χ1) is 15.0. The first-order valence-corrected chi connectivity index (χ1v) is 9.70. The molecule has 0 aliphatic heterocycles. The summed E-state index contributed by atoms with van der Waals surface area (Å²) >= 11 is 0. The lowest BCUT2D eigenvalue weighted by molar-refractivity contribution is 0.534. The van der Waals surface area contributed by atoms with Gasteiger partial charge in [0.05, 0.1) is 23.0 Å². The number of nitrogens with one attached hydrogen (secondary N) is 1. The van der Waals surface area contributed by atoms with Crippen molar-refractivity contribution in [2.45, 2.75) is 6.92 Å². The van der Waals surface area contributed by atoms with Crippen molar-refractivity contribution in [2.24, 2.45) is 7.05 Å². The van der Waals surface area contributed by atoms with E-state index in [0.29, 0.717) is 23.0 Å². The highest BCUT2D eigenvalue weighted by Crippen LogP contribution is 2.32. The molecule has 0 amide bonds. The van der Waals surface area contributed by atoms with Crippen LogP contribution in [-0.4, -0.2) is 14.5 Å². The Bertz CT molecular complexity index is 1400. The maximum absolute atomic E-state index is 14.4. The van der Waals surface area contributed by atoms with E-state index in [1.165, 1.54) is 12.1 Å². The molecule has 7 heteroatoms. The molecule has 0 fully saturated rings. The van der Waals surface area contributed by atoms with Crippen LogP contribution < -0.4 is 5.32 Å². The molecular weight excluding hydrogens is 398 g/mol. The number of nitrogens with zero attached hydrogens (tertiary/aromatic N) is 3. The van der Waals surface area contributed by atoms with Gasteiger partial charge in [-0.05, 0) is 48.5 Å². The fraction of sp³-hybridized carbons (Fsp3) is 0.0833. The minimum atomic E-state index is -0.647. The zero-order valence-electron chi connectivity index (χ0n) is 16.9. The Balaban J connectivity index is 1.51. The molecule has 2 aromatic heterocycles. The van der Waals surface area contributed by atoms with Gasteiger partial charge in [-0.3, -0.25) is 0 Å². The highest BCUT2D eigenvalue weighted by atomic mass is 19.1. The lowest BCUT2D eigenvalue weighted by Gasteiger charge is -2.08. The van der Waals surface area contributed by atoms with Crippen LogP contribution in [0.4, 0.5) is 20.2 Å². The summed E-state index contributed by atoms with van der Waals surface area (Å²) in [5.74, 6) is 0.490. The van der Waals surface area contributed by atoms with Crippen molar-refractivity contribution in [3.05, 3.63) is 84.4 Å². The number of fused-ring (bicyclic) bond motifs is 1. The fourth-order valence-electron chi connectivity index (χ4n) is 3.60. The number of imidazole rings is 1. The molecule has 0 aliphatic carbocycles. The summed E-state index contributed by atoms with van der Waals surface area (Å²) in [6.45, 7) is 1.80. The standard InChI is InChI=1S/C24H18F2N4O/c1-14-27-13-22(31-14)15-6-9-17(10-7-15)28-20-4-3-5-21-23(20)29-24(30(21)2)18-11-8-16(25)12-19(18)26/h3-13,28H,1-2H3. The first kappa shape index (κ1) is 19.0. The van der Waals surface area contributed by atoms with Gasteiger partial charge in [0.15, 0.2) is 11.7 Å². The molecule has 5 nitrogen and oxygen atoms in total. The van der Waals surface area contributed by atoms with E-state index >= 15 is 0 Å². The third kappa shape index (κ3) is 3.44. The predicted molar refractivity (Wildman–Crippen MR) is 116 cm³/mol. The van der Waals surface area contributed by atoms with E-state index in [0.717, 1.165) is 28.5 Å². The van der Waals surface area contributed by atoms with E-state index in [2.05, 4.69) is 15.3 Å². The molecule has 5 rings (SSSR count). The van der Waals surface area contributed by atoms with Gasteiger partial charge in [0.25, 0.3) is 0 Å². The number of aromatic nitrogens is 3. The second kappa shape index (κ2) is 7.36. The molecule has 2 heterocycles. The zero-order chi connectivity index (χ0) is 21.5. The number of hydrogen-bond acceptors (Lipinski definition) is 4.